The molecule has 0 radical (unpaired) electrons. The van der Waals surface area contributed by atoms with E-state index in [1.54, 1.807) is 6.92 Å². The minimum Gasteiger partial charge on any atom is -0.481 e. The topological polar surface area (TPSA) is 57.6 Å². The smallest absolute Gasteiger partial charge is 0.309 e. The molecule has 0 bridgehead atoms. The van der Waals surface area contributed by atoms with Crippen molar-refractivity contribution in [3.8, 4) is 0 Å². The Labute approximate surface area is 122 Å². The summed E-state index contributed by atoms with van der Waals surface area (Å²) >= 11 is 3.82. The van der Waals surface area contributed by atoms with Crippen LogP contribution in [0, 0.1) is 5.41 Å². The zero-order chi connectivity index (χ0) is 13.9. The molecule has 1 atom stereocenters. The third kappa shape index (κ3) is 3.81. The number of thioether (sulfide) groups is 2. The highest BCUT2D eigenvalue weighted by Gasteiger charge is 2.38. The molecule has 0 spiro atoms. The van der Waals surface area contributed by atoms with Crippen LogP contribution in [0.3, 0.4) is 0 Å². The number of carbonyl (C=O) groups excluding carboxylic acids is 1. The van der Waals surface area contributed by atoms with Crippen LogP contribution in [0.2, 0.25) is 0 Å². The van der Waals surface area contributed by atoms with E-state index in [-0.39, 0.29) is 5.91 Å². The van der Waals surface area contributed by atoms with Crippen LogP contribution in [-0.4, -0.2) is 57.5 Å². The molecule has 2 fully saturated rings. The van der Waals surface area contributed by atoms with Crippen LogP contribution in [0.5, 0.6) is 0 Å². The van der Waals surface area contributed by atoms with Crippen molar-refractivity contribution in [1.29, 1.82) is 0 Å². The molecule has 2 rings (SSSR count). The number of piperidine rings is 1. The first-order valence-electron chi connectivity index (χ1n) is 6.72. The molecule has 0 aromatic heterocycles. The van der Waals surface area contributed by atoms with Gasteiger partial charge in [0, 0.05) is 42.0 Å². The first-order valence-corrected chi connectivity index (χ1v) is 8.92. The molecule has 2 saturated heterocycles. The highest BCUT2D eigenvalue weighted by Crippen LogP contribution is 2.32. The summed E-state index contributed by atoms with van der Waals surface area (Å²) in [5, 5.41) is 9.62. The summed E-state index contributed by atoms with van der Waals surface area (Å²) in [6.45, 7) is 2.96. The lowest BCUT2D eigenvalue weighted by Gasteiger charge is -2.37. The van der Waals surface area contributed by atoms with Gasteiger partial charge in [0.05, 0.1) is 5.41 Å². The van der Waals surface area contributed by atoms with E-state index in [4.69, 9.17) is 0 Å². The molecule has 1 N–H and O–H groups in total. The second-order valence-corrected chi connectivity index (χ2v) is 8.08. The number of aliphatic carboxylic acids is 1. The van der Waals surface area contributed by atoms with Crippen LogP contribution >= 0.6 is 23.5 Å². The standard InChI is InChI=1S/C13H21NO3S2/c1-13(12(16)17)2-4-14(5-3-13)11(15)8-10-9-18-6-7-19-10/h10H,2-9H2,1H3,(H,16,17). The van der Waals surface area contributed by atoms with Crippen LogP contribution in [-0.2, 0) is 9.59 Å². The number of amides is 1. The van der Waals surface area contributed by atoms with Crippen molar-refractivity contribution >= 4 is 35.4 Å². The van der Waals surface area contributed by atoms with Crippen molar-refractivity contribution in [3.05, 3.63) is 0 Å². The Morgan fingerprint density at radius 1 is 1.32 bits per heavy atom. The van der Waals surface area contributed by atoms with Crippen molar-refractivity contribution in [2.45, 2.75) is 31.4 Å². The van der Waals surface area contributed by atoms with E-state index < -0.39 is 11.4 Å². The molecular formula is C13H21NO3S2. The maximum atomic E-state index is 12.2. The SMILES string of the molecule is CC1(C(=O)O)CCN(C(=O)CC2CSCCS2)CC1. The summed E-state index contributed by atoms with van der Waals surface area (Å²) in [4.78, 5) is 25.2. The summed E-state index contributed by atoms with van der Waals surface area (Å²) in [5.41, 5.74) is -0.647. The van der Waals surface area contributed by atoms with E-state index in [1.807, 2.05) is 28.4 Å². The average molecular weight is 303 g/mol. The van der Waals surface area contributed by atoms with Crippen LogP contribution in [0.25, 0.3) is 0 Å². The van der Waals surface area contributed by atoms with Gasteiger partial charge in [0.2, 0.25) is 5.91 Å². The molecule has 0 aromatic carbocycles. The second kappa shape index (κ2) is 6.39. The van der Waals surface area contributed by atoms with Gasteiger partial charge in [0.15, 0.2) is 0 Å². The maximum Gasteiger partial charge on any atom is 0.309 e. The maximum absolute atomic E-state index is 12.2. The van der Waals surface area contributed by atoms with Crippen LogP contribution < -0.4 is 0 Å². The molecule has 2 heterocycles. The summed E-state index contributed by atoms with van der Waals surface area (Å²) in [6, 6.07) is 0. The number of rotatable bonds is 3. The van der Waals surface area contributed by atoms with Gasteiger partial charge in [0.1, 0.15) is 0 Å². The summed E-state index contributed by atoms with van der Waals surface area (Å²) in [6.07, 6.45) is 1.75. The number of carboxylic acids is 1. The molecule has 4 nitrogen and oxygen atoms in total. The van der Waals surface area contributed by atoms with E-state index in [0.717, 1.165) is 11.5 Å². The lowest BCUT2D eigenvalue weighted by atomic mass is 9.80. The molecular weight excluding hydrogens is 282 g/mol. The number of hydrogen-bond donors (Lipinski definition) is 1. The fourth-order valence-corrected chi connectivity index (χ4v) is 5.11. The van der Waals surface area contributed by atoms with Crippen molar-refractivity contribution in [2.24, 2.45) is 5.41 Å². The number of likely N-dealkylation sites (tertiary alicyclic amines) is 1. The zero-order valence-corrected chi connectivity index (χ0v) is 12.9. The van der Waals surface area contributed by atoms with Crippen molar-refractivity contribution in [1.82, 2.24) is 4.90 Å². The molecule has 108 valence electrons. The van der Waals surface area contributed by atoms with E-state index in [1.165, 1.54) is 5.75 Å². The molecule has 6 heteroatoms. The fourth-order valence-electron chi connectivity index (χ4n) is 2.44. The van der Waals surface area contributed by atoms with Gasteiger partial charge in [-0.15, -0.1) is 0 Å². The molecule has 1 amide bonds. The van der Waals surface area contributed by atoms with Gasteiger partial charge in [-0.2, -0.15) is 23.5 Å². The molecule has 0 saturated carbocycles. The molecule has 1 unspecified atom stereocenters. The Balaban J connectivity index is 1.80. The van der Waals surface area contributed by atoms with Crippen molar-refractivity contribution < 1.29 is 14.7 Å². The molecule has 0 aliphatic carbocycles. The number of carbonyl (C=O) groups is 2. The van der Waals surface area contributed by atoms with Crippen molar-refractivity contribution in [2.75, 3.05) is 30.3 Å². The van der Waals surface area contributed by atoms with E-state index >= 15 is 0 Å². The predicted octanol–water partition coefficient (Wildman–Crippen LogP) is 1.94. The third-order valence-electron chi connectivity index (χ3n) is 4.02. The van der Waals surface area contributed by atoms with E-state index in [2.05, 4.69) is 0 Å². The predicted molar refractivity (Wildman–Crippen MR) is 79.7 cm³/mol. The Bertz CT molecular complexity index is 348. The van der Waals surface area contributed by atoms with E-state index in [0.29, 0.717) is 37.6 Å². The molecule has 0 aromatic rings. The van der Waals surface area contributed by atoms with Crippen LogP contribution in [0.1, 0.15) is 26.2 Å². The summed E-state index contributed by atoms with van der Waals surface area (Å²) in [7, 11) is 0. The third-order valence-corrected chi connectivity index (χ3v) is 6.87. The van der Waals surface area contributed by atoms with Gasteiger partial charge < -0.3 is 10.0 Å². The Hall–Kier alpha value is -0.360. The lowest BCUT2D eigenvalue weighted by Crippen LogP contribution is -2.45. The molecule has 2 aliphatic rings. The van der Waals surface area contributed by atoms with E-state index in [9.17, 15) is 14.7 Å². The summed E-state index contributed by atoms with van der Waals surface area (Å²) in [5.74, 6) is 2.86. The van der Waals surface area contributed by atoms with Gasteiger partial charge in [-0.25, -0.2) is 0 Å². The van der Waals surface area contributed by atoms with Crippen LogP contribution in [0.4, 0.5) is 0 Å². The highest BCUT2D eigenvalue weighted by atomic mass is 32.2. The fraction of sp³-hybridized carbons (Fsp3) is 0.846. The monoisotopic (exact) mass is 303 g/mol. The van der Waals surface area contributed by atoms with Gasteiger partial charge in [0.25, 0.3) is 0 Å². The molecule has 2 aliphatic heterocycles. The first-order chi connectivity index (χ1) is 9.01. The van der Waals surface area contributed by atoms with Crippen LogP contribution in [0.15, 0.2) is 0 Å². The quantitative estimate of drug-likeness (QED) is 0.863. The van der Waals surface area contributed by atoms with Crippen molar-refractivity contribution in [3.63, 3.8) is 0 Å². The Kier molecular flexibility index (Phi) is 5.06. The summed E-state index contributed by atoms with van der Waals surface area (Å²) < 4.78 is 0. The Morgan fingerprint density at radius 3 is 2.53 bits per heavy atom. The highest BCUT2D eigenvalue weighted by molar-refractivity contribution is 8.06. The largest absolute Gasteiger partial charge is 0.481 e. The average Bonchev–Trinajstić information content (AvgIpc) is 2.40. The number of nitrogens with zero attached hydrogens (tertiary/aromatic N) is 1. The number of carboxylic acid groups (broad SMARTS) is 1. The van der Waals surface area contributed by atoms with Gasteiger partial charge in [-0.1, -0.05) is 0 Å². The normalized spacial score (nSPS) is 27.0. The minimum atomic E-state index is -0.737. The molecule has 19 heavy (non-hydrogen) atoms. The minimum absolute atomic E-state index is 0.201. The van der Waals surface area contributed by atoms with Gasteiger partial charge in [-0.05, 0) is 19.8 Å². The Morgan fingerprint density at radius 2 is 2.00 bits per heavy atom. The van der Waals surface area contributed by atoms with Gasteiger partial charge >= 0.3 is 5.97 Å². The lowest BCUT2D eigenvalue weighted by molar-refractivity contribution is -0.153. The van der Waals surface area contributed by atoms with Gasteiger partial charge in [-0.3, -0.25) is 9.59 Å². The number of hydrogen-bond acceptors (Lipinski definition) is 4. The zero-order valence-electron chi connectivity index (χ0n) is 11.3. The second-order valence-electron chi connectivity index (χ2n) is 5.52. The first kappa shape index (κ1) is 15.0.